The molecule has 0 bridgehead atoms. The molecule has 2 aromatic rings. The maximum absolute atomic E-state index is 11.3. The highest BCUT2D eigenvalue weighted by molar-refractivity contribution is 7.86. The van der Waals surface area contributed by atoms with Gasteiger partial charge in [-0.3, -0.25) is 4.55 Å². The van der Waals surface area contributed by atoms with E-state index in [9.17, 15) is 18.1 Å². The molecule has 2 rings (SSSR count). The predicted molar refractivity (Wildman–Crippen MR) is 120 cm³/mol. The van der Waals surface area contributed by atoms with Crippen molar-refractivity contribution in [1.29, 1.82) is 0 Å². The Morgan fingerprint density at radius 1 is 0.833 bits per heavy atom. The normalized spacial score (nSPS) is 11.5. The van der Waals surface area contributed by atoms with Crippen LogP contribution >= 0.6 is 0 Å². The molecule has 0 saturated heterocycles. The SMILES string of the molecule is CCCCCCCCCCCCc1cccc(Oc2cccc(S(=O)(=O)O)c2O)c1. The van der Waals surface area contributed by atoms with Crippen molar-refractivity contribution in [2.75, 3.05) is 0 Å². The maximum atomic E-state index is 11.3. The fourth-order valence-electron chi connectivity index (χ4n) is 3.50. The molecule has 0 atom stereocenters. The summed E-state index contributed by atoms with van der Waals surface area (Å²) in [6, 6.07) is 11.6. The average molecular weight is 435 g/mol. The quantitative estimate of drug-likeness (QED) is 0.250. The summed E-state index contributed by atoms with van der Waals surface area (Å²) in [6.07, 6.45) is 13.9. The first kappa shape index (κ1) is 24.2. The number of phenols is 1. The van der Waals surface area contributed by atoms with Crippen LogP contribution < -0.4 is 4.74 Å². The Morgan fingerprint density at radius 3 is 2.07 bits per heavy atom. The second-order valence-electron chi connectivity index (χ2n) is 7.76. The molecule has 0 aromatic heterocycles. The monoisotopic (exact) mass is 434 g/mol. The van der Waals surface area contributed by atoms with Crippen molar-refractivity contribution in [3.8, 4) is 17.2 Å². The molecule has 2 aromatic carbocycles. The van der Waals surface area contributed by atoms with E-state index in [1.165, 1.54) is 69.9 Å². The summed E-state index contributed by atoms with van der Waals surface area (Å²) >= 11 is 0. The highest BCUT2D eigenvalue weighted by Gasteiger charge is 2.19. The van der Waals surface area contributed by atoms with Crippen molar-refractivity contribution in [3.63, 3.8) is 0 Å². The van der Waals surface area contributed by atoms with Gasteiger partial charge in [-0.25, -0.2) is 0 Å². The largest absolute Gasteiger partial charge is 0.503 e. The molecule has 0 saturated carbocycles. The number of rotatable bonds is 14. The number of hydrogen-bond donors (Lipinski definition) is 2. The molecule has 6 heteroatoms. The summed E-state index contributed by atoms with van der Waals surface area (Å²) in [5.41, 5.74) is 1.14. The molecule has 0 amide bonds. The van der Waals surface area contributed by atoms with Crippen LogP contribution in [0, 0.1) is 0 Å². The zero-order chi connectivity index (χ0) is 21.8. The Labute approximate surface area is 180 Å². The van der Waals surface area contributed by atoms with Crippen molar-refractivity contribution in [1.82, 2.24) is 0 Å². The first-order chi connectivity index (χ1) is 14.4. The molecule has 0 aliphatic rings. The van der Waals surface area contributed by atoms with Gasteiger partial charge in [-0.05, 0) is 42.7 Å². The highest BCUT2D eigenvalue weighted by atomic mass is 32.2. The van der Waals surface area contributed by atoms with Crippen LogP contribution in [-0.2, 0) is 16.5 Å². The summed E-state index contributed by atoms with van der Waals surface area (Å²) < 4.78 is 37.5. The van der Waals surface area contributed by atoms with E-state index in [-0.39, 0.29) is 5.75 Å². The standard InChI is InChI=1S/C24H34O5S/c1-2-3-4-5-6-7-8-9-10-11-14-20-15-12-16-21(19-20)29-22-17-13-18-23(24(22)25)30(26,27)28/h12-13,15-19,25H,2-11,14H2,1H3,(H,26,27,28). The summed E-state index contributed by atoms with van der Waals surface area (Å²) in [4.78, 5) is -0.568. The molecule has 0 unspecified atom stereocenters. The summed E-state index contributed by atoms with van der Waals surface area (Å²) in [6.45, 7) is 2.24. The summed E-state index contributed by atoms with van der Waals surface area (Å²) in [7, 11) is -4.51. The van der Waals surface area contributed by atoms with E-state index in [0.717, 1.165) is 24.5 Å². The molecule has 5 nitrogen and oxygen atoms in total. The molecular formula is C24H34O5S. The second-order valence-corrected chi connectivity index (χ2v) is 9.15. The number of aryl methyl sites for hydroxylation is 1. The second kappa shape index (κ2) is 12.6. The van der Waals surface area contributed by atoms with Crippen LogP contribution in [0.1, 0.15) is 76.7 Å². The summed E-state index contributed by atoms with van der Waals surface area (Å²) in [5, 5.41) is 10.1. The Kier molecular flexibility index (Phi) is 10.2. The molecule has 30 heavy (non-hydrogen) atoms. The molecule has 0 heterocycles. The molecule has 0 spiro atoms. The van der Waals surface area contributed by atoms with E-state index in [4.69, 9.17) is 4.74 Å². The van der Waals surface area contributed by atoms with Crippen molar-refractivity contribution >= 4 is 10.1 Å². The van der Waals surface area contributed by atoms with Crippen LogP contribution in [0.2, 0.25) is 0 Å². The summed E-state index contributed by atoms with van der Waals surface area (Å²) in [5.74, 6) is -0.0938. The van der Waals surface area contributed by atoms with E-state index in [2.05, 4.69) is 6.92 Å². The van der Waals surface area contributed by atoms with Crippen LogP contribution in [0.15, 0.2) is 47.4 Å². The van der Waals surface area contributed by atoms with E-state index in [1.54, 1.807) is 6.07 Å². The topological polar surface area (TPSA) is 83.8 Å². The Bertz CT molecular complexity index is 877. The minimum Gasteiger partial charge on any atom is -0.503 e. The fourth-order valence-corrected chi connectivity index (χ4v) is 4.10. The third-order valence-corrected chi connectivity index (χ3v) is 6.07. The van der Waals surface area contributed by atoms with E-state index >= 15 is 0 Å². The number of unbranched alkanes of at least 4 members (excludes halogenated alkanes) is 9. The smallest absolute Gasteiger partial charge is 0.298 e. The van der Waals surface area contributed by atoms with Gasteiger partial charge < -0.3 is 9.84 Å². The molecule has 0 aliphatic carbocycles. The minimum atomic E-state index is -4.51. The van der Waals surface area contributed by atoms with Crippen LogP contribution in [0.25, 0.3) is 0 Å². The van der Waals surface area contributed by atoms with Crippen LogP contribution in [0.5, 0.6) is 17.2 Å². The number of aromatic hydroxyl groups is 1. The van der Waals surface area contributed by atoms with Crippen molar-refractivity contribution in [3.05, 3.63) is 48.0 Å². The third kappa shape index (κ3) is 8.36. The number of benzene rings is 2. The Balaban J connectivity index is 1.78. The van der Waals surface area contributed by atoms with Gasteiger partial charge >= 0.3 is 0 Å². The van der Waals surface area contributed by atoms with Gasteiger partial charge in [0.05, 0.1) is 0 Å². The lowest BCUT2D eigenvalue weighted by atomic mass is 10.0. The van der Waals surface area contributed by atoms with Gasteiger partial charge in [0.15, 0.2) is 11.5 Å². The molecule has 0 fully saturated rings. The first-order valence-corrected chi connectivity index (χ1v) is 12.4. The number of hydrogen-bond acceptors (Lipinski definition) is 4. The molecule has 166 valence electrons. The zero-order valence-corrected chi connectivity index (χ0v) is 18.7. The van der Waals surface area contributed by atoms with Gasteiger partial charge in [-0.2, -0.15) is 8.42 Å². The fraction of sp³-hybridized carbons (Fsp3) is 0.500. The van der Waals surface area contributed by atoms with Crippen LogP contribution in [0.3, 0.4) is 0 Å². The maximum Gasteiger partial charge on any atom is 0.298 e. The lowest BCUT2D eigenvalue weighted by molar-refractivity contribution is 0.395. The Hall–Kier alpha value is -2.05. The van der Waals surface area contributed by atoms with Gasteiger partial charge in [-0.15, -0.1) is 0 Å². The van der Waals surface area contributed by atoms with E-state index < -0.39 is 20.8 Å². The molecule has 2 N–H and O–H groups in total. The molecule has 0 aliphatic heterocycles. The van der Waals surface area contributed by atoms with Crippen LogP contribution in [0.4, 0.5) is 0 Å². The van der Waals surface area contributed by atoms with Gasteiger partial charge in [0.2, 0.25) is 0 Å². The van der Waals surface area contributed by atoms with E-state index in [1.807, 2.05) is 18.2 Å². The van der Waals surface area contributed by atoms with Gasteiger partial charge in [-0.1, -0.05) is 82.9 Å². The van der Waals surface area contributed by atoms with Gasteiger partial charge in [0, 0.05) is 0 Å². The lowest BCUT2D eigenvalue weighted by Crippen LogP contribution is -1.99. The zero-order valence-electron chi connectivity index (χ0n) is 17.8. The number of para-hydroxylation sites is 1. The predicted octanol–water partition coefficient (Wildman–Crippen LogP) is 6.89. The number of phenolic OH excluding ortho intramolecular Hbond substituents is 1. The van der Waals surface area contributed by atoms with Crippen molar-refractivity contribution in [2.24, 2.45) is 0 Å². The van der Waals surface area contributed by atoms with Crippen LogP contribution in [-0.4, -0.2) is 18.1 Å². The molecular weight excluding hydrogens is 400 g/mol. The number of ether oxygens (including phenoxy) is 1. The minimum absolute atomic E-state index is 0.0128. The van der Waals surface area contributed by atoms with Gasteiger partial charge in [0.1, 0.15) is 10.6 Å². The highest BCUT2D eigenvalue weighted by Crippen LogP contribution is 2.36. The van der Waals surface area contributed by atoms with Crippen molar-refractivity contribution < 1.29 is 22.8 Å². The average Bonchev–Trinajstić information content (AvgIpc) is 2.70. The Morgan fingerprint density at radius 2 is 1.43 bits per heavy atom. The lowest BCUT2D eigenvalue weighted by Gasteiger charge is -2.11. The molecule has 0 radical (unpaired) electrons. The third-order valence-electron chi connectivity index (χ3n) is 5.19. The first-order valence-electron chi connectivity index (χ1n) is 11.0. The van der Waals surface area contributed by atoms with Gasteiger partial charge in [0.25, 0.3) is 10.1 Å². The van der Waals surface area contributed by atoms with E-state index in [0.29, 0.717) is 5.75 Å². The van der Waals surface area contributed by atoms with Crippen molar-refractivity contribution in [2.45, 2.75) is 82.4 Å².